The molecule has 0 radical (unpaired) electrons. The van der Waals surface area contributed by atoms with Crippen LogP contribution in [0.15, 0.2) is 0 Å². The Morgan fingerprint density at radius 1 is 1.04 bits per heavy atom. The summed E-state index contributed by atoms with van der Waals surface area (Å²) >= 11 is 2.25. The van der Waals surface area contributed by atoms with Gasteiger partial charge in [-0.2, -0.15) is 0 Å². The second kappa shape index (κ2) is 8.06. The summed E-state index contributed by atoms with van der Waals surface area (Å²) in [6, 6.07) is 0. The molecule has 1 N–H and O–H groups in total. The van der Waals surface area contributed by atoms with E-state index >= 15 is 0 Å². The van der Waals surface area contributed by atoms with E-state index in [1.165, 1.54) is 18.4 Å². The van der Waals surface area contributed by atoms with E-state index in [1.54, 1.807) is 13.8 Å². The molecule has 2 aromatic rings. The lowest BCUT2D eigenvalue weighted by Crippen LogP contribution is -2.10. The van der Waals surface area contributed by atoms with E-state index in [1.807, 2.05) is 0 Å². The molecule has 8 nitrogen and oxygen atoms in total. The maximum atomic E-state index is 12.0. The minimum absolute atomic E-state index is 0.0642. The van der Waals surface area contributed by atoms with Crippen LogP contribution < -0.4 is 9.47 Å². The third-order valence-electron chi connectivity index (χ3n) is 2.74. The van der Waals surface area contributed by atoms with Crippen molar-refractivity contribution in [1.29, 1.82) is 0 Å². The molecule has 10 heteroatoms. The van der Waals surface area contributed by atoms with Crippen molar-refractivity contribution in [1.82, 2.24) is 9.97 Å². The van der Waals surface area contributed by atoms with Crippen molar-refractivity contribution in [3.63, 3.8) is 0 Å². The van der Waals surface area contributed by atoms with Gasteiger partial charge < -0.3 is 19.3 Å². The fourth-order valence-corrected chi connectivity index (χ4v) is 3.26. The van der Waals surface area contributed by atoms with Crippen LogP contribution in [0.25, 0.3) is 0 Å². The SMILES string of the molecule is COc1nc(C)sc1C(=O)OCCCOc1nc(C)sc1C(=O)O. The number of thiazole rings is 2. The molecule has 0 aliphatic rings. The number of esters is 1. The zero-order valence-electron chi connectivity index (χ0n) is 13.3. The number of nitrogens with zero attached hydrogens (tertiary/aromatic N) is 2. The Labute approximate surface area is 146 Å². The smallest absolute Gasteiger partial charge is 0.354 e. The number of carbonyl (C=O) groups is 2. The molecule has 0 bridgehead atoms. The molecule has 0 aliphatic heterocycles. The number of carbonyl (C=O) groups excluding carboxylic acids is 1. The maximum Gasteiger partial charge on any atom is 0.354 e. The highest BCUT2D eigenvalue weighted by atomic mass is 32.1. The van der Waals surface area contributed by atoms with Crippen LogP contribution in [0.2, 0.25) is 0 Å². The van der Waals surface area contributed by atoms with E-state index < -0.39 is 11.9 Å². The van der Waals surface area contributed by atoms with E-state index in [0.717, 1.165) is 11.3 Å². The van der Waals surface area contributed by atoms with Crippen molar-refractivity contribution in [2.45, 2.75) is 20.3 Å². The number of rotatable bonds is 8. The summed E-state index contributed by atoms with van der Waals surface area (Å²) in [6.07, 6.45) is 0.404. The number of hydrogen-bond acceptors (Lipinski definition) is 9. The van der Waals surface area contributed by atoms with Gasteiger partial charge in [-0.25, -0.2) is 19.6 Å². The van der Waals surface area contributed by atoms with Crippen LogP contribution in [0.3, 0.4) is 0 Å². The van der Waals surface area contributed by atoms with E-state index in [-0.39, 0.29) is 29.9 Å². The molecule has 0 saturated heterocycles. The predicted octanol–water partition coefficient (Wildman–Crippen LogP) is 2.55. The molecule has 0 unspecified atom stereocenters. The third kappa shape index (κ3) is 4.42. The summed E-state index contributed by atoms with van der Waals surface area (Å²) in [4.78, 5) is 31.5. The van der Waals surface area contributed by atoms with Gasteiger partial charge in [-0.05, 0) is 13.8 Å². The minimum atomic E-state index is -1.07. The van der Waals surface area contributed by atoms with Gasteiger partial charge in [-0.15, -0.1) is 22.7 Å². The van der Waals surface area contributed by atoms with Gasteiger partial charge in [-0.3, -0.25) is 0 Å². The Balaban J connectivity index is 1.79. The van der Waals surface area contributed by atoms with Crippen molar-refractivity contribution < 1.29 is 28.9 Å². The Kier molecular flexibility index (Phi) is 6.10. The zero-order valence-corrected chi connectivity index (χ0v) is 15.0. The zero-order chi connectivity index (χ0) is 17.7. The monoisotopic (exact) mass is 372 g/mol. The number of ether oxygens (including phenoxy) is 3. The highest BCUT2D eigenvalue weighted by Crippen LogP contribution is 2.26. The highest BCUT2D eigenvalue weighted by Gasteiger charge is 2.19. The van der Waals surface area contributed by atoms with Gasteiger partial charge in [0.1, 0.15) is 0 Å². The molecule has 130 valence electrons. The summed E-state index contributed by atoms with van der Waals surface area (Å²) in [5.41, 5.74) is 0. The fourth-order valence-electron chi connectivity index (χ4n) is 1.77. The number of methoxy groups -OCH3 is 1. The van der Waals surface area contributed by atoms with Gasteiger partial charge in [0.25, 0.3) is 0 Å². The molecule has 0 fully saturated rings. The van der Waals surface area contributed by atoms with Crippen molar-refractivity contribution in [2.24, 2.45) is 0 Å². The molecule has 2 aromatic heterocycles. The summed E-state index contributed by atoms with van der Waals surface area (Å²) in [6.45, 7) is 3.80. The van der Waals surface area contributed by atoms with Gasteiger partial charge in [-0.1, -0.05) is 0 Å². The molecule has 0 aliphatic carbocycles. The molecule has 24 heavy (non-hydrogen) atoms. The molecule has 2 rings (SSSR count). The van der Waals surface area contributed by atoms with Crippen molar-refractivity contribution in [3.8, 4) is 11.8 Å². The first-order valence-electron chi connectivity index (χ1n) is 6.94. The van der Waals surface area contributed by atoms with Crippen LogP contribution in [0, 0.1) is 13.8 Å². The standard InChI is InChI=1S/C14H16N2O6S2/c1-7-15-11(20-3)10(24-7)14(19)22-6-4-5-21-12-9(13(17)18)23-8(2)16-12/h4-6H2,1-3H3,(H,17,18). The van der Waals surface area contributed by atoms with E-state index in [0.29, 0.717) is 21.3 Å². The Morgan fingerprint density at radius 2 is 1.67 bits per heavy atom. The van der Waals surface area contributed by atoms with Gasteiger partial charge in [0, 0.05) is 6.42 Å². The Bertz CT molecular complexity index is 740. The molecule has 0 atom stereocenters. The fraction of sp³-hybridized carbons (Fsp3) is 0.429. The van der Waals surface area contributed by atoms with E-state index in [4.69, 9.17) is 19.3 Å². The maximum absolute atomic E-state index is 12.0. The number of aromatic nitrogens is 2. The first kappa shape index (κ1) is 18.1. The number of carboxylic acid groups (broad SMARTS) is 1. The second-order valence-electron chi connectivity index (χ2n) is 4.58. The lowest BCUT2D eigenvalue weighted by Gasteiger charge is -2.05. The normalized spacial score (nSPS) is 10.5. The molecule has 0 aromatic carbocycles. The summed E-state index contributed by atoms with van der Waals surface area (Å²) in [5, 5.41) is 10.4. The van der Waals surface area contributed by atoms with Crippen molar-refractivity contribution >= 4 is 34.6 Å². The second-order valence-corrected chi connectivity index (χ2v) is 6.99. The predicted molar refractivity (Wildman–Crippen MR) is 87.6 cm³/mol. The number of aryl methyl sites for hydroxylation is 2. The topological polar surface area (TPSA) is 108 Å². The quantitative estimate of drug-likeness (QED) is 0.556. The van der Waals surface area contributed by atoms with Gasteiger partial charge in [0.05, 0.1) is 30.3 Å². The average molecular weight is 372 g/mol. The number of carboxylic acids is 1. The molecule has 0 spiro atoms. The molecule has 0 saturated carbocycles. The van der Waals surface area contributed by atoms with Gasteiger partial charge in [0.15, 0.2) is 9.75 Å². The van der Waals surface area contributed by atoms with Gasteiger partial charge >= 0.3 is 11.9 Å². The molecule has 2 heterocycles. The average Bonchev–Trinajstić information content (AvgIpc) is 3.09. The summed E-state index contributed by atoms with van der Waals surface area (Å²) in [7, 11) is 1.44. The first-order chi connectivity index (χ1) is 11.4. The molecule has 0 amide bonds. The van der Waals surface area contributed by atoms with Crippen LogP contribution in [0.5, 0.6) is 11.8 Å². The van der Waals surface area contributed by atoms with Crippen molar-refractivity contribution in [2.75, 3.05) is 20.3 Å². The Morgan fingerprint density at radius 3 is 2.29 bits per heavy atom. The van der Waals surface area contributed by atoms with Crippen LogP contribution >= 0.6 is 22.7 Å². The van der Waals surface area contributed by atoms with Crippen LogP contribution in [-0.2, 0) is 4.74 Å². The Hall–Kier alpha value is -2.20. The van der Waals surface area contributed by atoms with Crippen LogP contribution in [-0.4, -0.2) is 47.3 Å². The summed E-state index contributed by atoms with van der Waals surface area (Å²) in [5.74, 6) is -1.23. The largest absolute Gasteiger partial charge is 0.480 e. The minimum Gasteiger partial charge on any atom is -0.480 e. The third-order valence-corrected chi connectivity index (χ3v) is 4.61. The molecular weight excluding hydrogens is 356 g/mol. The first-order valence-corrected chi connectivity index (χ1v) is 8.57. The van der Waals surface area contributed by atoms with E-state index in [9.17, 15) is 9.59 Å². The summed E-state index contributed by atoms with van der Waals surface area (Å²) < 4.78 is 15.5. The highest BCUT2D eigenvalue weighted by molar-refractivity contribution is 7.14. The lowest BCUT2D eigenvalue weighted by atomic mass is 10.4. The number of hydrogen-bond donors (Lipinski definition) is 1. The van der Waals surface area contributed by atoms with Gasteiger partial charge in [0.2, 0.25) is 11.8 Å². The lowest BCUT2D eigenvalue weighted by molar-refractivity contribution is 0.0487. The van der Waals surface area contributed by atoms with E-state index in [2.05, 4.69) is 9.97 Å². The molecular formula is C14H16N2O6S2. The van der Waals surface area contributed by atoms with Crippen LogP contribution in [0.1, 0.15) is 35.8 Å². The van der Waals surface area contributed by atoms with Crippen molar-refractivity contribution in [3.05, 3.63) is 19.8 Å². The number of aromatic carboxylic acids is 1. The van der Waals surface area contributed by atoms with Crippen LogP contribution in [0.4, 0.5) is 0 Å².